The van der Waals surface area contributed by atoms with E-state index in [0.29, 0.717) is 35.1 Å². The molecule has 1 saturated heterocycles. The fraction of sp³-hybridized carbons (Fsp3) is 0.381. The molecule has 0 saturated carbocycles. The molecule has 1 fully saturated rings. The van der Waals surface area contributed by atoms with Crippen molar-refractivity contribution in [2.45, 2.75) is 24.7 Å². The Balaban J connectivity index is 1.66. The molecule has 1 amide bonds. The second-order valence-electron chi connectivity index (χ2n) is 7.17. The summed E-state index contributed by atoms with van der Waals surface area (Å²) in [6.07, 6.45) is 0.867. The van der Waals surface area contributed by atoms with Gasteiger partial charge in [0.25, 0.3) is 0 Å². The number of sulfonamides is 1. The van der Waals surface area contributed by atoms with Crippen LogP contribution in [-0.2, 0) is 14.8 Å². The summed E-state index contributed by atoms with van der Waals surface area (Å²) in [4.78, 5) is 12.8. The normalized spacial score (nSPS) is 15.6. The highest BCUT2D eigenvalue weighted by molar-refractivity contribution is 7.89. The molecule has 0 aliphatic carbocycles. The largest absolute Gasteiger partial charge is 0.495 e. The number of methoxy groups -OCH3 is 2. The number of amides is 1. The van der Waals surface area contributed by atoms with E-state index >= 15 is 0 Å². The number of halogens is 1. The maximum absolute atomic E-state index is 13.1. The van der Waals surface area contributed by atoms with Crippen molar-refractivity contribution in [2.24, 2.45) is 5.92 Å². The first-order valence-corrected chi connectivity index (χ1v) is 11.4. The first-order chi connectivity index (χ1) is 14.3. The lowest BCUT2D eigenvalue weighted by Crippen LogP contribution is -2.41. The Morgan fingerprint density at radius 3 is 2.30 bits per heavy atom. The lowest BCUT2D eigenvalue weighted by atomic mass is 9.97. The number of anilines is 1. The van der Waals surface area contributed by atoms with Crippen LogP contribution in [0.1, 0.15) is 18.4 Å². The Morgan fingerprint density at radius 1 is 1.07 bits per heavy atom. The summed E-state index contributed by atoms with van der Waals surface area (Å²) in [6.45, 7) is 2.36. The van der Waals surface area contributed by atoms with Crippen molar-refractivity contribution in [1.82, 2.24) is 4.31 Å². The first kappa shape index (κ1) is 22.4. The van der Waals surface area contributed by atoms with E-state index in [9.17, 15) is 13.2 Å². The van der Waals surface area contributed by atoms with Gasteiger partial charge in [-0.1, -0.05) is 17.7 Å². The van der Waals surface area contributed by atoms with E-state index < -0.39 is 10.0 Å². The Labute approximate surface area is 182 Å². The monoisotopic (exact) mass is 452 g/mol. The molecular weight excluding hydrogens is 428 g/mol. The van der Waals surface area contributed by atoms with E-state index in [4.69, 9.17) is 21.1 Å². The van der Waals surface area contributed by atoms with Crippen molar-refractivity contribution in [1.29, 1.82) is 0 Å². The van der Waals surface area contributed by atoms with E-state index in [1.807, 2.05) is 6.92 Å². The van der Waals surface area contributed by atoms with Gasteiger partial charge in [0.1, 0.15) is 16.4 Å². The highest BCUT2D eigenvalue weighted by Crippen LogP contribution is 2.31. The van der Waals surface area contributed by atoms with Crippen LogP contribution < -0.4 is 14.8 Å². The fourth-order valence-corrected chi connectivity index (χ4v) is 5.44. The number of carbonyl (C=O) groups excluding carboxylic acids is 1. The molecule has 0 bridgehead atoms. The summed E-state index contributed by atoms with van der Waals surface area (Å²) in [7, 11) is -0.732. The number of ether oxygens (including phenoxy) is 2. The minimum absolute atomic E-state index is 0.151. The van der Waals surface area contributed by atoms with Gasteiger partial charge in [-0.15, -0.1) is 0 Å². The quantitative estimate of drug-likeness (QED) is 0.722. The topological polar surface area (TPSA) is 84.9 Å². The summed E-state index contributed by atoms with van der Waals surface area (Å²) in [5.74, 6) is 0.412. The van der Waals surface area contributed by atoms with Crippen LogP contribution in [0.15, 0.2) is 41.3 Å². The number of benzene rings is 2. The molecule has 1 N–H and O–H groups in total. The minimum Gasteiger partial charge on any atom is -0.495 e. The van der Waals surface area contributed by atoms with Gasteiger partial charge in [0.05, 0.1) is 19.2 Å². The summed E-state index contributed by atoms with van der Waals surface area (Å²) in [5.41, 5.74) is 1.41. The molecule has 7 nitrogen and oxygen atoms in total. The number of aryl methyl sites for hydroxylation is 1. The molecule has 9 heteroatoms. The lowest BCUT2D eigenvalue weighted by Gasteiger charge is -2.31. The number of hydrogen-bond acceptors (Lipinski definition) is 5. The van der Waals surface area contributed by atoms with Crippen molar-refractivity contribution < 1.29 is 22.7 Å². The molecule has 0 radical (unpaired) electrons. The molecule has 1 heterocycles. The SMILES string of the molecule is COc1ccc(NC(=O)C2CCN(S(=O)(=O)c3cc(C)ccc3OC)CC2)cc1Cl. The third kappa shape index (κ3) is 4.71. The third-order valence-corrected chi connectivity index (χ3v) is 7.40. The molecule has 1 aliphatic heterocycles. The summed E-state index contributed by atoms with van der Waals surface area (Å²) in [5, 5.41) is 3.25. The molecule has 2 aromatic rings. The van der Waals surface area contributed by atoms with Gasteiger partial charge in [0.15, 0.2) is 0 Å². The second kappa shape index (κ2) is 9.24. The maximum atomic E-state index is 13.1. The molecular formula is C21H25ClN2O5S. The zero-order chi connectivity index (χ0) is 21.9. The van der Waals surface area contributed by atoms with Gasteiger partial charge in [0.2, 0.25) is 15.9 Å². The van der Waals surface area contributed by atoms with Crippen molar-refractivity contribution in [3.8, 4) is 11.5 Å². The van der Waals surface area contributed by atoms with Crippen LogP contribution in [-0.4, -0.2) is 45.9 Å². The molecule has 0 atom stereocenters. The average Bonchev–Trinajstić information content (AvgIpc) is 2.74. The van der Waals surface area contributed by atoms with E-state index in [-0.39, 0.29) is 29.8 Å². The smallest absolute Gasteiger partial charge is 0.246 e. The van der Waals surface area contributed by atoms with Gasteiger partial charge in [0, 0.05) is 24.7 Å². The molecule has 0 aromatic heterocycles. The van der Waals surface area contributed by atoms with E-state index in [1.165, 1.54) is 18.5 Å². The van der Waals surface area contributed by atoms with Gasteiger partial charge in [-0.2, -0.15) is 4.31 Å². The van der Waals surface area contributed by atoms with Crippen molar-refractivity contribution in [3.63, 3.8) is 0 Å². The molecule has 30 heavy (non-hydrogen) atoms. The van der Waals surface area contributed by atoms with Crippen LogP contribution in [0.25, 0.3) is 0 Å². The summed E-state index contributed by atoms with van der Waals surface area (Å²) in [6, 6.07) is 10.1. The van der Waals surface area contributed by atoms with Gasteiger partial charge in [-0.25, -0.2) is 8.42 Å². The first-order valence-electron chi connectivity index (χ1n) is 9.55. The van der Waals surface area contributed by atoms with Crippen molar-refractivity contribution in [3.05, 3.63) is 47.0 Å². The van der Waals surface area contributed by atoms with Crippen LogP contribution in [0.5, 0.6) is 11.5 Å². The third-order valence-electron chi connectivity index (χ3n) is 5.18. The van der Waals surface area contributed by atoms with E-state index in [0.717, 1.165) is 5.56 Å². The maximum Gasteiger partial charge on any atom is 0.246 e. The number of nitrogens with one attached hydrogen (secondary N) is 1. The minimum atomic E-state index is -3.70. The number of rotatable bonds is 6. The van der Waals surface area contributed by atoms with Crippen LogP contribution in [0.4, 0.5) is 5.69 Å². The molecule has 3 rings (SSSR count). The lowest BCUT2D eigenvalue weighted by molar-refractivity contribution is -0.120. The Morgan fingerprint density at radius 2 is 1.70 bits per heavy atom. The van der Waals surface area contributed by atoms with Gasteiger partial charge in [-0.05, 0) is 55.7 Å². The van der Waals surface area contributed by atoms with Crippen molar-refractivity contribution >= 4 is 33.2 Å². The van der Waals surface area contributed by atoms with Crippen LogP contribution in [0.2, 0.25) is 5.02 Å². The zero-order valence-corrected chi connectivity index (χ0v) is 18.7. The number of carbonyl (C=O) groups is 1. The zero-order valence-electron chi connectivity index (χ0n) is 17.1. The predicted octanol–water partition coefficient (Wildman–Crippen LogP) is 3.71. The number of nitrogens with zero attached hydrogens (tertiary/aromatic N) is 1. The Kier molecular flexibility index (Phi) is 6.90. The highest BCUT2D eigenvalue weighted by atomic mass is 35.5. The predicted molar refractivity (Wildman–Crippen MR) is 116 cm³/mol. The molecule has 1 aliphatic rings. The molecule has 0 unspecified atom stereocenters. The fourth-order valence-electron chi connectivity index (χ4n) is 3.47. The standard InChI is InChI=1S/C21H25ClN2O5S/c1-14-4-6-19(29-3)20(12-14)30(26,27)24-10-8-15(9-11-24)21(25)23-16-5-7-18(28-2)17(22)13-16/h4-7,12-13,15H,8-11H2,1-3H3,(H,23,25). The molecule has 2 aromatic carbocycles. The highest BCUT2D eigenvalue weighted by Gasteiger charge is 2.33. The number of hydrogen-bond donors (Lipinski definition) is 1. The van der Waals surface area contributed by atoms with Crippen LogP contribution in [0.3, 0.4) is 0 Å². The van der Waals surface area contributed by atoms with Gasteiger partial charge < -0.3 is 14.8 Å². The van der Waals surface area contributed by atoms with Gasteiger partial charge >= 0.3 is 0 Å². The second-order valence-corrected chi connectivity index (χ2v) is 9.48. The van der Waals surface area contributed by atoms with Gasteiger partial charge in [-0.3, -0.25) is 4.79 Å². The van der Waals surface area contributed by atoms with E-state index in [2.05, 4.69) is 5.32 Å². The van der Waals surface area contributed by atoms with E-state index in [1.54, 1.807) is 36.4 Å². The number of piperidine rings is 1. The average molecular weight is 453 g/mol. The van der Waals surface area contributed by atoms with Crippen LogP contribution >= 0.6 is 11.6 Å². The summed E-state index contributed by atoms with van der Waals surface area (Å²) >= 11 is 6.10. The van der Waals surface area contributed by atoms with Crippen molar-refractivity contribution in [2.75, 3.05) is 32.6 Å². The molecule has 162 valence electrons. The summed E-state index contributed by atoms with van der Waals surface area (Å²) < 4.78 is 38.0. The Hall–Kier alpha value is -2.29. The van der Waals surface area contributed by atoms with Crippen LogP contribution in [0, 0.1) is 12.8 Å². The molecule has 0 spiro atoms. The Bertz CT molecular complexity index is 1030.